The van der Waals surface area contributed by atoms with Crippen molar-refractivity contribution in [1.29, 1.82) is 0 Å². The van der Waals surface area contributed by atoms with E-state index in [1.54, 1.807) is 18.3 Å². The van der Waals surface area contributed by atoms with Gasteiger partial charge in [0.25, 0.3) is 0 Å². The van der Waals surface area contributed by atoms with E-state index in [-0.39, 0.29) is 5.75 Å². The van der Waals surface area contributed by atoms with Crippen LogP contribution in [0.5, 0.6) is 5.75 Å². The lowest BCUT2D eigenvalue weighted by Crippen LogP contribution is -1.86. The van der Waals surface area contributed by atoms with Gasteiger partial charge in [-0.3, -0.25) is 4.98 Å². The fourth-order valence-electron chi connectivity index (χ4n) is 2.26. The standard InChI is InChI=1S/C16H13NO/c1-11-6-7-17-10-16(11)15-9-13(18)8-12-4-2-3-5-14(12)15/h2-10,18H,1H3. The lowest BCUT2D eigenvalue weighted by Gasteiger charge is -2.10. The zero-order valence-electron chi connectivity index (χ0n) is 10.1. The maximum Gasteiger partial charge on any atom is 0.116 e. The minimum absolute atomic E-state index is 0.284. The highest BCUT2D eigenvalue weighted by atomic mass is 16.3. The SMILES string of the molecule is Cc1ccncc1-c1cc(O)cc2ccccc12. The molecule has 2 heteroatoms. The fourth-order valence-corrected chi connectivity index (χ4v) is 2.26. The number of phenols is 1. The second-order valence-electron chi connectivity index (χ2n) is 4.41. The van der Waals surface area contributed by atoms with E-state index in [1.807, 2.05) is 30.5 Å². The molecule has 0 spiro atoms. The van der Waals surface area contributed by atoms with E-state index in [0.717, 1.165) is 27.5 Å². The van der Waals surface area contributed by atoms with Crippen LogP contribution in [-0.2, 0) is 0 Å². The third-order valence-electron chi connectivity index (χ3n) is 3.18. The number of aryl methyl sites for hydroxylation is 1. The molecule has 2 nitrogen and oxygen atoms in total. The summed E-state index contributed by atoms with van der Waals surface area (Å²) in [6, 6.07) is 13.6. The molecule has 0 amide bonds. The van der Waals surface area contributed by atoms with Crippen LogP contribution in [0.2, 0.25) is 0 Å². The molecule has 0 aliphatic heterocycles. The van der Waals surface area contributed by atoms with Gasteiger partial charge in [-0.2, -0.15) is 0 Å². The van der Waals surface area contributed by atoms with Gasteiger partial charge in [-0.1, -0.05) is 24.3 Å². The van der Waals surface area contributed by atoms with Crippen molar-refractivity contribution in [1.82, 2.24) is 4.98 Å². The van der Waals surface area contributed by atoms with Crippen LogP contribution in [0.15, 0.2) is 54.9 Å². The lowest BCUT2D eigenvalue weighted by molar-refractivity contribution is 0.476. The summed E-state index contributed by atoms with van der Waals surface area (Å²) in [5.74, 6) is 0.284. The molecule has 3 rings (SSSR count). The number of fused-ring (bicyclic) bond motifs is 1. The van der Waals surface area contributed by atoms with Crippen LogP contribution in [0.1, 0.15) is 5.56 Å². The van der Waals surface area contributed by atoms with Crippen molar-refractivity contribution >= 4 is 10.8 Å². The Labute approximate surface area is 106 Å². The van der Waals surface area contributed by atoms with Crippen molar-refractivity contribution in [2.45, 2.75) is 6.92 Å². The van der Waals surface area contributed by atoms with E-state index in [9.17, 15) is 5.11 Å². The number of nitrogens with zero attached hydrogens (tertiary/aromatic N) is 1. The highest BCUT2D eigenvalue weighted by molar-refractivity contribution is 5.98. The molecule has 18 heavy (non-hydrogen) atoms. The zero-order valence-corrected chi connectivity index (χ0v) is 10.1. The van der Waals surface area contributed by atoms with Gasteiger partial charge in [0.2, 0.25) is 0 Å². The number of hydrogen-bond donors (Lipinski definition) is 1. The Kier molecular flexibility index (Phi) is 2.49. The summed E-state index contributed by atoms with van der Waals surface area (Å²) < 4.78 is 0. The highest BCUT2D eigenvalue weighted by Gasteiger charge is 2.08. The van der Waals surface area contributed by atoms with Crippen molar-refractivity contribution in [3.05, 3.63) is 60.4 Å². The van der Waals surface area contributed by atoms with E-state index >= 15 is 0 Å². The van der Waals surface area contributed by atoms with Gasteiger partial charge in [-0.25, -0.2) is 0 Å². The van der Waals surface area contributed by atoms with Gasteiger partial charge in [0.1, 0.15) is 5.75 Å². The number of aromatic nitrogens is 1. The number of aromatic hydroxyl groups is 1. The molecule has 0 saturated heterocycles. The third-order valence-corrected chi connectivity index (χ3v) is 3.18. The smallest absolute Gasteiger partial charge is 0.116 e. The van der Waals surface area contributed by atoms with Crippen molar-refractivity contribution in [3.8, 4) is 16.9 Å². The Hall–Kier alpha value is -2.35. The molecule has 0 saturated carbocycles. The van der Waals surface area contributed by atoms with Crippen LogP contribution in [-0.4, -0.2) is 10.1 Å². The van der Waals surface area contributed by atoms with Gasteiger partial charge in [-0.15, -0.1) is 0 Å². The highest BCUT2D eigenvalue weighted by Crippen LogP contribution is 2.33. The molecule has 88 valence electrons. The molecule has 1 N–H and O–H groups in total. The summed E-state index contributed by atoms with van der Waals surface area (Å²) in [6.07, 6.45) is 3.63. The summed E-state index contributed by atoms with van der Waals surface area (Å²) in [5.41, 5.74) is 3.24. The first-order chi connectivity index (χ1) is 8.75. The lowest BCUT2D eigenvalue weighted by atomic mass is 9.96. The van der Waals surface area contributed by atoms with Gasteiger partial charge in [0.05, 0.1) is 0 Å². The molecule has 0 aliphatic rings. The molecule has 0 atom stereocenters. The second kappa shape index (κ2) is 4.15. The van der Waals surface area contributed by atoms with Crippen molar-refractivity contribution in [2.75, 3.05) is 0 Å². The van der Waals surface area contributed by atoms with Crippen molar-refractivity contribution < 1.29 is 5.11 Å². The molecule has 2 aromatic carbocycles. The first-order valence-corrected chi connectivity index (χ1v) is 5.88. The maximum atomic E-state index is 9.84. The largest absolute Gasteiger partial charge is 0.508 e. The molecule has 1 heterocycles. The Morgan fingerprint density at radius 2 is 1.83 bits per heavy atom. The van der Waals surface area contributed by atoms with Gasteiger partial charge in [-0.05, 0) is 47.0 Å². The minimum atomic E-state index is 0.284. The van der Waals surface area contributed by atoms with Gasteiger partial charge < -0.3 is 5.11 Å². The fraction of sp³-hybridized carbons (Fsp3) is 0.0625. The Bertz CT molecular complexity index is 719. The molecule has 1 aromatic heterocycles. The number of hydrogen-bond acceptors (Lipinski definition) is 2. The normalized spacial score (nSPS) is 10.7. The molecule has 0 aliphatic carbocycles. The van der Waals surface area contributed by atoms with Crippen LogP contribution in [0.3, 0.4) is 0 Å². The number of pyridine rings is 1. The molecular formula is C16H13NO. The molecule has 0 radical (unpaired) electrons. The topological polar surface area (TPSA) is 33.1 Å². The monoisotopic (exact) mass is 235 g/mol. The molecule has 3 aromatic rings. The Morgan fingerprint density at radius 3 is 2.67 bits per heavy atom. The van der Waals surface area contributed by atoms with Crippen LogP contribution in [0.25, 0.3) is 21.9 Å². The number of benzene rings is 2. The maximum absolute atomic E-state index is 9.84. The summed E-state index contributed by atoms with van der Waals surface area (Å²) >= 11 is 0. The minimum Gasteiger partial charge on any atom is -0.508 e. The third kappa shape index (κ3) is 1.72. The van der Waals surface area contributed by atoms with Crippen LogP contribution in [0, 0.1) is 6.92 Å². The summed E-state index contributed by atoms with van der Waals surface area (Å²) in [6.45, 7) is 2.05. The summed E-state index contributed by atoms with van der Waals surface area (Å²) in [7, 11) is 0. The zero-order chi connectivity index (χ0) is 12.5. The first kappa shape index (κ1) is 10.8. The second-order valence-corrected chi connectivity index (χ2v) is 4.41. The van der Waals surface area contributed by atoms with Crippen LogP contribution < -0.4 is 0 Å². The number of phenolic OH excluding ortho intramolecular Hbond substituents is 1. The Morgan fingerprint density at radius 1 is 1.00 bits per heavy atom. The number of rotatable bonds is 1. The van der Waals surface area contributed by atoms with E-state index in [0.29, 0.717) is 0 Å². The predicted molar refractivity (Wildman–Crippen MR) is 73.6 cm³/mol. The summed E-state index contributed by atoms with van der Waals surface area (Å²) in [5, 5.41) is 12.0. The molecule has 0 fully saturated rings. The summed E-state index contributed by atoms with van der Waals surface area (Å²) in [4.78, 5) is 4.18. The Balaban J connectivity index is 2.39. The average Bonchev–Trinajstić information content (AvgIpc) is 2.38. The van der Waals surface area contributed by atoms with E-state index < -0.39 is 0 Å². The van der Waals surface area contributed by atoms with Crippen molar-refractivity contribution in [3.63, 3.8) is 0 Å². The van der Waals surface area contributed by atoms with Crippen LogP contribution >= 0.6 is 0 Å². The average molecular weight is 235 g/mol. The van der Waals surface area contributed by atoms with Crippen molar-refractivity contribution in [2.24, 2.45) is 0 Å². The van der Waals surface area contributed by atoms with Gasteiger partial charge >= 0.3 is 0 Å². The van der Waals surface area contributed by atoms with E-state index in [1.165, 1.54) is 0 Å². The predicted octanol–water partition coefficient (Wildman–Crippen LogP) is 3.92. The van der Waals surface area contributed by atoms with Gasteiger partial charge in [0, 0.05) is 18.0 Å². The van der Waals surface area contributed by atoms with Crippen LogP contribution in [0.4, 0.5) is 0 Å². The quantitative estimate of drug-likeness (QED) is 0.693. The van der Waals surface area contributed by atoms with E-state index in [4.69, 9.17) is 0 Å². The molecule has 0 bridgehead atoms. The van der Waals surface area contributed by atoms with Gasteiger partial charge in [0.15, 0.2) is 0 Å². The molecule has 0 unspecified atom stereocenters. The molecular weight excluding hydrogens is 222 g/mol. The first-order valence-electron chi connectivity index (χ1n) is 5.88. The van der Waals surface area contributed by atoms with E-state index in [2.05, 4.69) is 18.0 Å².